The lowest BCUT2D eigenvalue weighted by Gasteiger charge is -2.39. The van der Waals surface area contributed by atoms with Gasteiger partial charge in [0.25, 0.3) is 0 Å². The molecule has 158 valence electrons. The number of hydrogen-bond acceptors (Lipinski definition) is 5. The van der Waals surface area contributed by atoms with Crippen LogP contribution in [-0.2, 0) is 19.6 Å². The first-order valence-electron chi connectivity index (χ1n) is 10.3. The van der Waals surface area contributed by atoms with E-state index in [-0.39, 0.29) is 5.75 Å². The van der Waals surface area contributed by atoms with E-state index in [9.17, 15) is 13.0 Å². The normalized spacial score (nSPS) is 12.6. The summed E-state index contributed by atoms with van der Waals surface area (Å²) in [6, 6.07) is 0. The summed E-state index contributed by atoms with van der Waals surface area (Å²) in [5.74, 6) is -0.250. The molecule has 6 nitrogen and oxygen atoms in total. The van der Waals surface area contributed by atoms with Gasteiger partial charge in [-0.1, -0.05) is 33.6 Å². The van der Waals surface area contributed by atoms with Gasteiger partial charge in [0.2, 0.25) is 0 Å². The molecule has 0 unspecified atom stereocenters. The van der Waals surface area contributed by atoms with E-state index in [2.05, 4.69) is 20.8 Å². The van der Waals surface area contributed by atoms with Gasteiger partial charge in [0.15, 0.2) is 0 Å². The fourth-order valence-corrected chi connectivity index (χ4v) is 3.67. The predicted molar refractivity (Wildman–Crippen MR) is 105 cm³/mol. The van der Waals surface area contributed by atoms with E-state index in [4.69, 9.17) is 9.47 Å². The Morgan fingerprint density at radius 3 is 1.73 bits per heavy atom. The Kier molecular flexibility index (Phi) is 15.7. The average Bonchev–Trinajstić information content (AvgIpc) is 2.60. The molecule has 0 saturated carbocycles. The van der Waals surface area contributed by atoms with Gasteiger partial charge >= 0.3 is 0 Å². The van der Waals surface area contributed by atoms with Crippen LogP contribution in [0.2, 0.25) is 0 Å². The van der Waals surface area contributed by atoms with E-state index >= 15 is 0 Å². The Morgan fingerprint density at radius 1 is 0.692 bits per heavy atom. The molecule has 0 aliphatic heterocycles. The fraction of sp³-hybridized carbons (Fsp3) is 1.00. The predicted octanol–water partition coefficient (Wildman–Crippen LogP) is 3.17. The molecule has 0 saturated heterocycles. The van der Waals surface area contributed by atoms with Crippen molar-refractivity contribution in [2.24, 2.45) is 0 Å². The van der Waals surface area contributed by atoms with Crippen LogP contribution in [0, 0.1) is 0 Å². The van der Waals surface area contributed by atoms with Crippen LogP contribution in [0.15, 0.2) is 0 Å². The molecule has 0 bridgehead atoms. The maximum atomic E-state index is 10.8. The second-order valence-corrected chi connectivity index (χ2v) is 8.66. The van der Waals surface area contributed by atoms with Crippen LogP contribution in [0.5, 0.6) is 0 Å². The third-order valence-corrected chi connectivity index (χ3v) is 5.47. The highest BCUT2D eigenvalue weighted by Gasteiger charge is 2.25. The fourth-order valence-electron chi connectivity index (χ4n) is 3.11. The first-order chi connectivity index (χ1) is 12.4. The van der Waals surface area contributed by atoms with E-state index in [1.807, 2.05) is 0 Å². The lowest BCUT2D eigenvalue weighted by Crippen LogP contribution is -2.52. The summed E-state index contributed by atoms with van der Waals surface area (Å²) in [5.41, 5.74) is 0. The van der Waals surface area contributed by atoms with Crippen molar-refractivity contribution in [3.63, 3.8) is 0 Å². The lowest BCUT2D eigenvalue weighted by atomic mass is 10.1. The summed E-state index contributed by atoms with van der Waals surface area (Å²) in [4.78, 5) is 0. The van der Waals surface area contributed by atoms with E-state index in [0.717, 1.165) is 75.8 Å². The van der Waals surface area contributed by atoms with Crippen LogP contribution in [0.25, 0.3) is 0 Å². The molecule has 0 aromatic carbocycles. The molecular formula is C19H41NO5S. The molecule has 0 radical (unpaired) electrons. The van der Waals surface area contributed by atoms with Gasteiger partial charge in [-0.3, -0.25) is 0 Å². The first kappa shape index (κ1) is 25.8. The van der Waals surface area contributed by atoms with Crippen molar-refractivity contribution >= 4 is 10.1 Å². The Bertz CT molecular complexity index is 406. The summed E-state index contributed by atoms with van der Waals surface area (Å²) in [6.07, 6.45) is 6.85. The third kappa shape index (κ3) is 14.9. The van der Waals surface area contributed by atoms with Crippen molar-refractivity contribution in [1.29, 1.82) is 0 Å². The number of quaternary nitrogens is 1. The van der Waals surface area contributed by atoms with Gasteiger partial charge in [-0.25, -0.2) is 8.42 Å². The Labute approximate surface area is 161 Å². The lowest BCUT2D eigenvalue weighted by molar-refractivity contribution is -0.929. The minimum absolute atomic E-state index is 0.250. The van der Waals surface area contributed by atoms with Gasteiger partial charge in [-0.15, -0.1) is 0 Å². The molecule has 0 rings (SSSR count). The molecule has 0 fully saturated rings. The monoisotopic (exact) mass is 395 g/mol. The molecule has 0 aromatic rings. The maximum Gasteiger partial charge on any atom is 0.102 e. The van der Waals surface area contributed by atoms with Crippen LogP contribution in [0.4, 0.5) is 0 Å². The summed E-state index contributed by atoms with van der Waals surface area (Å²) in [6.45, 7) is 13.3. The standard InChI is InChI=1S/C19H41NO5S/c1-4-7-11-20(12-8-5-2,13-9-10-19-26(21,22)23)14-16-25-18-17-24-15-6-3/h4-19H2,1-3H3. The molecular weight excluding hydrogens is 354 g/mol. The smallest absolute Gasteiger partial charge is 0.102 e. The highest BCUT2D eigenvalue weighted by molar-refractivity contribution is 7.85. The van der Waals surface area contributed by atoms with Crippen molar-refractivity contribution < 1.29 is 26.9 Å². The van der Waals surface area contributed by atoms with Crippen molar-refractivity contribution in [3.05, 3.63) is 0 Å². The Hall–Kier alpha value is -0.210. The van der Waals surface area contributed by atoms with Crippen LogP contribution < -0.4 is 0 Å². The van der Waals surface area contributed by atoms with Crippen LogP contribution in [0.1, 0.15) is 65.7 Å². The van der Waals surface area contributed by atoms with Gasteiger partial charge in [-0.05, 0) is 32.1 Å². The van der Waals surface area contributed by atoms with Crippen LogP contribution in [0.3, 0.4) is 0 Å². The summed E-state index contributed by atoms with van der Waals surface area (Å²) in [5, 5.41) is 0. The molecule has 0 aliphatic rings. The number of nitrogens with zero attached hydrogens (tertiary/aromatic N) is 1. The van der Waals surface area contributed by atoms with E-state index in [1.165, 1.54) is 0 Å². The Balaban J connectivity index is 4.50. The number of hydrogen-bond donors (Lipinski definition) is 0. The number of unbranched alkanes of at least 4 members (excludes halogenated alkanes) is 3. The average molecular weight is 396 g/mol. The van der Waals surface area contributed by atoms with Gasteiger partial charge in [0, 0.05) is 12.4 Å². The topological polar surface area (TPSA) is 75.7 Å². The van der Waals surface area contributed by atoms with Gasteiger partial charge in [0.1, 0.15) is 6.54 Å². The van der Waals surface area contributed by atoms with Gasteiger partial charge < -0.3 is 18.5 Å². The quantitative estimate of drug-likeness (QED) is 0.191. The van der Waals surface area contributed by atoms with Crippen molar-refractivity contribution in [1.82, 2.24) is 0 Å². The first-order valence-corrected chi connectivity index (χ1v) is 11.9. The van der Waals surface area contributed by atoms with Crippen molar-refractivity contribution in [2.75, 3.05) is 58.4 Å². The molecule has 7 heteroatoms. The van der Waals surface area contributed by atoms with Crippen LogP contribution >= 0.6 is 0 Å². The van der Waals surface area contributed by atoms with Crippen LogP contribution in [-0.4, -0.2) is 75.8 Å². The second-order valence-electron chi connectivity index (χ2n) is 7.14. The SMILES string of the molecule is CCCC[N+](CCCC)(CCCCS(=O)(=O)[O-])CCOCCOCCC. The van der Waals surface area contributed by atoms with Gasteiger partial charge in [-0.2, -0.15) is 0 Å². The van der Waals surface area contributed by atoms with Gasteiger partial charge in [0.05, 0.1) is 49.6 Å². The zero-order valence-electron chi connectivity index (χ0n) is 17.2. The largest absolute Gasteiger partial charge is 0.748 e. The minimum Gasteiger partial charge on any atom is -0.748 e. The van der Waals surface area contributed by atoms with Crippen molar-refractivity contribution in [2.45, 2.75) is 65.7 Å². The molecule has 0 heterocycles. The third-order valence-electron chi connectivity index (χ3n) is 4.68. The summed E-state index contributed by atoms with van der Waals surface area (Å²) < 4.78 is 44.7. The molecule has 0 atom stereocenters. The maximum absolute atomic E-state index is 10.8. The minimum atomic E-state index is -4.10. The van der Waals surface area contributed by atoms with E-state index < -0.39 is 10.1 Å². The molecule has 0 aromatic heterocycles. The molecule has 0 N–H and O–H groups in total. The second kappa shape index (κ2) is 15.8. The molecule has 0 amide bonds. The zero-order valence-corrected chi connectivity index (χ0v) is 18.0. The molecule has 0 spiro atoms. The highest BCUT2D eigenvalue weighted by Crippen LogP contribution is 2.15. The number of rotatable bonds is 19. The van der Waals surface area contributed by atoms with E-state index in [1.54, 1.807) is 0 Å². The Morgan fingerprint density at radius 2 is 1.23 bits per heavy atom. The summed E-state index contributed by atoms with van der Waals surface area (Å²) in [7, 11) is -4.10. The molecule has 26 heavy (non-hydrogen) atoms. The molecule has 0 aliphatic carbocycles. The highest BCUT2D eigenvalue weighted by atomic mass is 32.2. The zero-order chi connectivity index (χ0) is 19.7. The van der Waals surface area contributed by atoms with Crippen molar-refractivity contribution in [3.8, 4) is 0 Å². The van der Waals surface area contributed by atoms with E-state index in [0.29, 0.717) is 26.2 Å². The summed E-state index contributed by atoms with van der Waals surface area (Å²) >= 11 is 0. The number of ether oxygens (including phenoxy) is 2.